The van der Waals surface area contributed by atoms with Gasteiger partial charge < -0.3 is 9.80 Å². The maximum absolute atomic E-state index is 13.1. The van der Waals surface area contributed by atoms with Gasteiger partial charge in [0.15, 0.2) is 0 Å². The summed E-state index contributed by atoms with van der Waals surface area (Å²) in [5, 5.41) is 0. The Bertz CT molecular complexity index is 743. The van der Waals surface area contributed by atoms with Crippen LogP contribution in [0.4, 0.5) is 5.69 Å². The van der Waals surface area contributed by atoms with Crippen LogP contribution in [0.5, 0.6) is 0 Å². The van der Waals surface area contributed by atoms with Crippen LogP contribution in [-0.4, -0.2) is 35.8 Å². The molecule has 0 saturated carbocycles. The van der Waals surface area contributed by atoms with Gasteiger partial charge in [0.1, 0.15) is 0 Å². The number of rotatable bonds is 6. The van der Waals surface area contributed by atoms with Crippen LogP contribution in [0.3, 0.4) is 0 Å². The lowest BCUT2D eigenvalue weighted by molar-refractivity contribution is -0.128. The molecule has 1 aliphatic rings. The van der Waals surface area contributed by atoms with E-state index in [0.29, 0.717) is 19.5 Å². The highest BCUT2D eigenvalue weighted by atomic mass is 16.2. The van der Waals surface area contributed by atoms with E-state index in [0.717, 1.165) is 12.1 Å². The van der Waals surface area contributed by atoms with Crippen LogP contribution < -0.4 is 4.90 Å². The van der Waals surface area contributed by atoms with Crippen molar-refractivity contribution in [2.75, 3.05) is 18.0 Å². The fourth-order valence-electron chi connectivity index (χ4n) is 3.53. The summed E-state index contributed by atoms with van der Waals surface area (Å²) in [6.45, 7) is 5.20. The van der Waals surface area contributed by atoms with Crippen molar-refractivity contribution in [1.82, 2.24) is 4.90 Å². The largest absolute Gasteiger partial charge is 0.342 e. The molecule has 1 heterocycles. The van der Waals surface area contributed by atoms with Crippen molar-refractivity contribution in [1.29, 1.82) is 0 Å². The molecule has 1 aliphatic heterocycles. The minimum absolute atomic E-state index is 0.0433. The summed E-state index contributed by atoms with van der Waals surface area (Å²) in [5.41, 5.74) is 2.10. The summed E-state index contributed by atoms with van der Waals surface area (Å²) in [5.74, 6) is -0.140. The Morgan fingerprint density at radius 2 is 1.69 bits per heavy atom. The number of hydrogen-bond donors (Lipinski definition) is 0. The van der Waals surface area contributed by atoms with Crippen LogP contribution in [0, 0.1) is 5.92 Å². The number of para-hydroxylation sites is 1. The van der Waals surface area contributed by atoms with Gasteiger partial charge in [0, 0.05) is 31.2 Å². The minimum Gasteiger partial charge on any atom is -0.342 e. The second kappa shape index (κ2) is 8.17. The van der Waals surface area contributed by atoms with E-state index in [1.165, 1.54) is 5.56 Å². The van der Waals surface area contributed by atoms with Crippen LogP contribution in [0.1, 0.15) is 25.8 Å². The summed E-state index contributed by atoms with van der Waals surface area (Å²) in [6, 6.07) is 19.9. The molecular weight excluding hydrogens is 324 g/mol. The summed E-state index contributed by atoms with van der Waals surface area (Å²) < 4.78 is 0. The first-order valence-corrected chi connectivity index (χ1v) is 9.26. The molecule has 2 amide bonds. The molecule has 136 valence electrons. The molecule has 2 aromatic carbocycles. The van der Waals surface area contributed by atoms with E-state index >= 15 is 0 Å². The topological polar surface area (TPSA) is 40.6 Å². The maximum Gasteiger partial charge on any atom is 0.232 e. The fourth-order valence-corrected chi connectivity index (χ4v) is 3.53. The maximum atomic E-state index is 13.1. The summed E-state index contributed by atoms with van der Waals surface area (Å²) in [4.78, 5) is 29.1. The Morgan fingerprint density at radius 3 is 2.31 bits per heavy atom. The quantitative estimate of drug-likeness (QED) is 0.800. The molecule has 4 heteroatoms. The van der Waals surface area contributed by atoms with E-state index in [4.69, 9.17) is 0 Å². The number of carbonyl (C=O) groups excluding carboxylic acids is 2. The van der Waals surface area contributed by atoms with E-state index < -0.39 is 0 Å². The molecule has 1 saturated heterocycles. The second-order valence-electron chi connectivity index (χ2n) is 7.11. The van der Waals surface area contributed by atoms with E-state index in [2.05, 4.69) is 12.1 Å². The molecular formula is C22H26N2O2. The van der Waals surface area contributed by atoms with Gasteiger partial charge >= 0.3 is 0 Å². The molecule has 1 fully saturated rings. The first kappa shape index (κ1) is 18.2. The van der Waals surface area contributed by atoms with Gasteiger partial charge in [0.25, 0.3) is 0 Å². The third kappa shape index (κ3) is 4.13. The molecule has 0 radical (unpaired) electrons. The monoisotopic (exact) mass is 350 g/mol. The third-order valence-corrected chi connectivity index (χ3v) is 4.87. The lowest BCUT2D eigenvalue weighted by Crippen LogP contribution is -2.42. The van der Waals surface area contributed by atoms with Gasteiger partial charge in [-0.1, -0.05) is 48.5 Å². The molecule has 0 aliphatic carbocycles. The Hall–Kier alpha value is -2.62. The number of nitrogens with zero attached hydrogens (tertiary/aromatic N) is 2. The van der Waals surface area contributed by atoms with Crippen molar-refractivity contribution in [2.24, 2.45) is 5.92 Å². The van der Waals surface area contributed by atoms with Crippen LogP contribution in [-0.2, 0) is 16.0 Å². The Kier molecular flexibility index (Phi) is 5.71. The van der Waals surface area contributed by atoms with Gasteiger partial charge in [-0.15, -0.1) is 0 Å². The van der Waals surface area contributed by atoms with E-state index in [9.17, 15) is 9.59 Å². The van der Waals surface area contributed by atoms with Crippen LogP contribution >= 0.6 is 0 Å². The van der Waals surface area contributed by atoms with Gasteiger partial charge in [-0.25, -0.2) is 0 Å². The van der Waals surface area contributed by atoms with Gasteiger partial charge in [-0.05, 0) is 38.0 Å². The van der Waals surface area contributed by atoms with Gasteiger partial charge in [0.05, 0.1) is 5.92 Å². The Morgan fingerprint density at radius 1 is 1.08 bits per heavy atom. The number of carbonyl (C=O) groups is 2. The zero-order chi connectivity index (χ0) is 18.5. The highest BCUT2D eigenvalue weighted by molar-refractivity contribution is 5.99. The minimum atomic E-state index is -0.263. The van der Waals surface area contributed by atoms with E-state index in [1.807, 2.05) is 72.2 Å². The lowest BCUT2D eigenvalue weighted by atomic mass is 10.1. The van der Waals surface area contributed by atoms with Gasteiger partial charge in [0.2, 0.25) is 11.8 Å². The molecule has 0 bridgehead atoms. The highest BCUT2D eigenvalue weighted by Crippen LogP contribution is 2.25. The molecule has 0 spiro atoms. The molecule has 1 atom stereocenters. The van der Waals surface area contributed by atoms with Crippen molar-refractivity contribution >= 4 is 17.5 Å². The van der Waals surface area contributed by atoms with Crippen molar-refractivity contribution < 1.29 is 9.59 Å². The molecule has 0 aromatic heterocycles. The van der Waals surface area contributed by atoms with E-state index in [1.54, 1.807) is 0 Å². The average Bonchev–Trinajstić information content (AvgIpc) is 3.02. The second-order valence-corrected chi connectivity index (χ2v) is 7.11. The smallest absolute Gasteiger partial charge is 0.232 e. The molecule has 3 rings (SSSR count). The molecule has 0 unspecified atom stereocenters. The van der Waals surface area contributed by atoms with E-state index in [-0.39, 0.29) is 23.8 Å². The Labute approximate surface area is 155 Å². The highest BCUT2D eigenvalue weighted by Gasteiger charge is 2.37. The fraction of sp³-hybridized carbons (Fsp3) is 0.364. The van der Waals surface area contributed by atoms with Gasteiger partial charge in [-0.2, -0.15) is 0 Å². The Balaban J connectivity index is 1.66. The number of benzene rings is 2. The predicted octanol–water partition coefficient (Wildman–Crippen LogP) is 3.52. The van der Waals surface area contributed by atoms with Crippen molar-refractivity contribution in [3.8, 4) is 0 Å². The number of likely N-dealkylation sites (tertiary alicyclic amines) is 1. The van der Waals surface area contributed by atoms with Crippen LogP contribution in [0.2, 0.25) is 0 Å². The average molecular weight is 350 g/mol. The van der Waals surface area contributed by atoms with Crippen molar-refractivity contribution in [3.63, 3.8) is 0 Å². The molecule has 2 aromatic rings. The SMILES string of the molecule is CC(C)N(C(=O)[C@H]1CC(=O)N(CCc2ccccc2)C1)c1ccccc1. The van der Waals surface area contributed by atoms with Crippen molar-refractivity contribution in [2.45, 2.75) is 32.7 Å². The third-order valence-electron chi connectivity index (χ3n) is 4.87. The zero-order valence-corrected chi connectivity index (χ0v) is 15.5. The summed E-state index contributed by atoms with van der Waals surface area (Å²) in [6.07, 6.45) is 1.13. The first-order chi connectivity index (χ1) is 12.6. The number of anilines is 1. The normalized spacial score (nSPS) is 17.0. The molecule has 4 nitrogen and oxygen atoms in total. The van der Waals surface area contributed by atoms with Crippen LogP contribution in [0.25, 0.3) is 0 Å². The lowest BCUT2D eigenvalue weighted by Gasteiger charge is -2.29. The first-order valence-electron chi connectivity index (χ1n) is 9.26. The standard InChI is InChI=1S/C22H26N2O2/c1-17(2)24(20-11-7-4-8-12-20)22(26)19-15-21(25)23(16-19)14-13-18-9-5-3-6-10-18/h3-12,17,19H,13-16H2,1-2H3/t19-/m0/s1. The van der Waals surface area contributed by atoms with Crippen molar-refractivity contribution in [3.05, 3.63) is 66.2 Å². The summed E-state index contributed by atoms with van der Waals surface area (Å²) in [7, 11) is 0. The zero-order valence-electron chi connectivity index (χ0n) is 15.5. The van der Waals surface area contributed by atoms with Gasteiger partial charge in [-0.3, -0.25) is 9.59 Å². The number of hydrogen-bond acceptors (Lipinski definition) is 2. The number of amides is 2. The predicted molar refractivity (Wildman–Crippen MR) is 104 cm³/mol. The summed E-state index contributed by atoms with van der Waals surface area (Å²) >= 11 is 0. The molecule has 26 heavy (non-hydrogen) atoms. The molecule has 0 N–H and O–H groups in total. The van der Waals surface area contributed by atoms with Crippen LogP contribution in [0.15, 0.2) is 60.7 Å².